The fourth-order valence-corrected chi connectivity index (χ4v) is 4.68. The van der Waals surface area contributed by atoms with Crippen LogP contribution in [0.1, 0.15) is 50.4 Å². The molecule has 2 fully saturated rings. The third-order valence-corrected chi connectivity index (χ3v) is 6.51. The maximum atomic E-state index is 12.1. The van der Waals surface area contributed by atoms with Crippen molar-refractivity contribution >= 4 is 11.7 Å². The molecular formula is C18H23NO4. The van der Waals surface area contributed by atoms with Gasteiger partial charge in [0.05, 0.1) is 17.1 Å². The molecule has 5 nitrogen and oxygen atoms in total. The molecule has 124 valence electrons. The van der Waals surface area contributed by atoms with Gasteiger partial charge in [0.25, 0.3) is 5.69 Å². The zero-order valence-corrected chi connectivity index (χ0v) is 13.9. The summed E-state index contributed by atoms with van der Waals surface area (Å²) in [6, 6.07) is 5.57. The highest BCUT2D eigenvalue weighted by Gasteiger charge is 2.60. The molecule has 0 N–H and O–H groups in total. The van der Waals surface area contributed by atoms with Gasteiger partial charge in [-0.25, -0.2) is 4.79 Å². The molecule has 0 unspecified atom stereocenters. The van der Waals surface area contributed by atoms with Gasteiger partial charge in [-0.15, -0.1) is 0 Å². The highest BCUT2D eigenvalue weighted by Crippen LogP contribution is 2.67. The molecule has 0 heterocycles. The number of hydrogen-bond donors (Lipinski definition) is 0. The van der Waals surface area contributed by atoms with Gasteiger partial charge in [0.15, 0.2) is 0 Å². The van der Waals surface area contributed by atoms with Crippen LogP contribution in [-0.4, -0.2) is 17.5 Å². The van der Waals surface area contributed by atoms with Gasteiger partial charge in [-0.2, -0.15) is 0 Å². The van der Waals surface area contributed by atoms with Gasteiger partial charge in [-0.1, -0.05) is 20.8 Å². The first-order valence-corrected chi connectivity index (χ1v) is 8.16. The van der Waals surface area contributed by atoms with Crippen molar-refractivity contribution in [3.63, 3.8) is 0 Å². The van der Waals surface area contributed by atoms with Crippen LogP contribution in [-0.2, 0) is 4.74 Å². The standard InChI is InChI=1S/C18H23NO4/c1-17(2)15-8-9-18(17,3)10-13(15)11-23-16(20)12-4-6-14(7-5-12)19(21)22/h4-7,13,15H,8-11H2,1-3H3/t13-,15-,18+/m1/s1. The number of non-ortho nitro benzene ring substituents is 1. The zero-order chi connectivity index (χ0) is 16.8. The lowest BCUT2D eigenvalue weighted by molar-refractivity contribution is -0.384. The van der Waals surface area contributed by atoms with Crippen LogP contribution in [0.15, 0.2) is 24.3 Å². The van der Waals surface area contributed by atoms with E-state index in [4.69, 9.17) is 4.74 Å². The molecule has 0 saturated heterocycles. The number of fused-ring (bicyclic) bond motifs is 2. The van der Waals surface area contributed by atoms with Crippen LogP contribution in [0.25, 0.3) is 0 Å². The Hall–Kier alpha value is -1.91. The van der Waals surface area contributed by atoms with Gasteiger partial charge in [-0.3, -0.25) is 10.1 Å². The third-order valence-electron chi connectivity index (χ3n) is 6.51. The normalized spacial score (nSPS) is 31.1. The second-order valence-electron chi connectivity index (χ2n) is 7.79. The topological polar surface area (TPSA) is 69.4 Å². The number of benzene rings is 1. The van der Waals surface area contributed by atoms with E-state index >= 15 is 0 Å². The molecule has 3 atom stereocenters. The number of carbonyl (C=O) groups is 1. The molecule has 1 aromatic carbocycles. The lowest BCUT2D eigenvalue weighted by Gasteiger charge is -2.34. The predicted octanol–water partition coefficient (Wildman–Crippen LogP) is 4.21. The first-order chi connectivity index (χ1) is 10.7. The molecule has 2 saturated carbocycles. The Morgan fingerprint density at radius 1 is 1.30 bits per heavy atom. The van der Waals surface area contributed by atoms with E-state index in [9.17, 15) is 14.9 Å². The van der Waals surface area contributed by atoms with E-state index in [0.717, 1.165) is 6.42 Å². The number of ether oxygens (including phenoxy) is 1. The minimum Gasteiger partial charge on any atom is -0.462 e. The second-order valence-corrected chi connectivity index (χ2v) is 7.79. The SMILES string of the molecule is CC1(C)[C@@H]2CC[C@@]1(C)C[C@@H]2COC(=O)c1ccc([N+](=O)[O-])cc1. The van der Waals surface area contributed by atoms with Crippen molar-refractivity contribution in [2.45, 2.75) is 40.0 Å². The molecule has 1 aromatic rings. The Morgan fingerprint density at radius 2 is 1.96 bits per heavy atom. The lowest BCUT2D eigenvalue weighted by atomic mass is 9.71. The zero-order valence-electron chi connectivity index (χ0n) is 13.9. The molecule has 2 aliphatic rings. The van der Waals surface area contributed by atoms with Crippen LogP contribution in [0, 0.1) is 32.8 Å². The fourth-order valence-electron chi connectivity index (χ4n) is 4.68. The summed E-state index contributed by atoms with van der Waals surface area (Å²) in [5, 5.41) is 10.6. The summed E-state index contributed by atoms with van der Waals surface area (Å²) in [5.74, 6) is 0.633. The molecule has 0 radical (unpaired) electrons. The minimum absolute atomic E-state index is 0.0238. The fraction of sp³-hybridized carbons (Fsp3) is 0.611. The van der Waals surface area contributed by atoms with Crippen molar-refractivity contribution in [1.82, 2.24) is 0 Å². The number of carbonyl (C=O) groups excluding carboxylic acids is 1. The number of nitro benzene ring substituents is 1. The number of esters is 1. The summed E-state index contributed by atoms with van der Waals surface area (Å²) < 4.78 is 5.49. The number of nitrogens with zero attached hydrogens (tertiary/aromatic N) is 1. The van der Waals surface area contributed by atoms with Gasteiger partial charge >= 0.3 is 5.97 Å². The highest BCUT2D eigenvalue weighted by molar-refractivity contribution is 5.89. The molecule has 3 rings (SSSR count). The molecule has 0 spiro atoms. The Labute approximate surface area is 136 Å². The smallest absolute Gasteiger partial charge is 0.338 e. The third kappa shape index (κ3) is 2.52. The maximum absolute atomic E-state index is 12.1. The van der Waals surface area contributed by atoms with E-state index in [0.29, 0.717) is 34.8 Å². The van der Waals surface area contributed by atoms with Crippen LogP contribution >= 0.6 is 0 Å². The molecule has 5 heteroatoms. The Kier molecular flexibility index (Phi) is 3.69. The lowest BCUT2D eigenvalue weighted by Crippen LogP contribution is -2.26. The molecule has 0 aromatic heterocycles. The minimum atomic E-state index is -0.479. The second kappa shape index (κ2) is 5.32. The largest absolute Gasteiger partial charge is 0.462 e. The van der Waals surface area contributed by atoms with Gasteiger partial charge < -0.3 is 4.74 Å². The van der Waals surface area contributed by atoms with Crippen molar-refractivity contribution in [3.05, 3.63) is 39.9 Å². The summed E-state index contributed by atoms with van der Waals surface area (Å²) in [6.45, 7) is 7.47. The number of rotatable bonds is 4. The molecule has 23 heavy (non-hydrogen) atoms. The molecular weight excluding hydrogens is 294 g/mol. The van der Waals surface area contributed by atoms with Gasteiger partial charge in [-0.05, 0) is 54.1 Å². The molecule has 0 amide bonds. The van der Waals surface area contributed by atoms with Crippen LogP contribution < -0.4 is 0 Å². The van der Waals surface area contributed by atoms with Gasteiger partial charge in [0.1, 0.15) is 0 Å². The van der Waals surface area contributed by atoms with Gasteiger partial charge in [0, 0.05) is 12.1 Å². The number of hydrogen-bond acceptors (Lipinski definition) is 4. The van der Waals surface area contributed by atoms with E-state index in [2.05, 4.69) is 20.8 Å². The Morgan fingerprint density at radius 3 is 2.43 bits per heavy atom. The monoisotopic (exact) mass is 317 g/mol. The van der Waals surface area contributed by atoms with Crippen molar-refractivity contribution < 1.29 is 14.5 Å². The molecule has 0 aliphatic heterocycles. The average molecular weight is 317 g/mol. The van der Waals surface area contributed by atoms with Crippen LogP contribution in [0.2, 0.25) is 0 Å². The summed E-state index contributed by atoms with van der Waals surface area (Å²) >= 11 is 0. The Balaban J connectivity index is 1.61. The maximum Gasteiger partial charge on any atom is 0.338 e. The Bertz CT molecular complexity index is 634. The quantitative estimate of drug-likeness (QED) is 0.474. The summed E-state index contributed by atoms with van der Waals surface area (Å²) in [5.41, 5.74) is 0.994. The van der Waals surface area contributed by atoms with Gasteiger partial charge in [0.2, 0.25) is 0 Å². The predicted molar refractivity (Wildman–Crippen MR) is 86.1 cm³/mol. The summed E-state index contributed by atoms with van der Waals surface area (Å²) in [6.07, 6.45) is 3.58. The van der Waals surface area contributed by atoms with Crippen LogP contribution in [0.3, 0.4) is 0 Å². The van der Waals surface area contributed by atoms with E-state index in [1.54, 1.807) is 0 Å². The van der Waals surface area contributed by atoms with Crippen LogP contribution in [0.4, 0.5) is 5.69 Å². The molecule has 2 bridgehead atoms. The van der Waals surface area contributed by atoms with E-state index in [1.165, 1.54) is 37.1 Å². The van der Waals surface area contributed by atoms with Crippen molar-refractivity contribution in [1.29, 1.82) is 0 Å². The average Bonchev–Trinajstić information content (AvgIpc) is 2.85. The highest BCUT2D eigenvalue weighted by atomic mass is 16.6. The molecule has 2 aliphatic carbocycles. The summed E-state index contributed by atoms with van der Waals surface area (Å²) in [4.78, 5) is 22.3. The van der Waals surface area contributed by atoms with Crippen molar-refractivity contribution in [2.75, 3.05) is 6.61 Å². The van der Waals surface area contributed by atoms with Crippen LogP contribution in [0.5, 0.6) is 0 Å². The van der Waals surface area contributed by atoms with E-state index in [-0.39, 0.29) is 5.69 Å². The first kappa shape index (κ1) is 16.0. The van der Waals surface area contributed by atoms with Crippen molar-refractivity contribution in [3.8, 4) is 0 Å². The van der Waals surface area contributed by atoms with Crippen molar-refractivity contribution in [2.24, 2.45) is 22.7 Å². The van der Waals surface area contributed by atoms with E-state index in [1.807, 2.05) is 0 Å². The first-order valence-electron chi connectivity index (χ1n) is 8.16. The summed E-state index contributed by atoms with van der Waals surface area (Å²) in [7, 11) is 0. The number of nitro groups is 1. The van der Waals surface area contributed by atoms with E-state index < -0.39 is 10.9 Å².